The van der Waals surface area contributed by atoms with Gasteiger partial charge in [0.15, 0.2) is 0 Å². The van der Waals surface area contributed by atoms with Gasteiger partial charge >= 0.3 is 0 Å². The lowest BCUT2D eigenvalue weighted by Crippen LogP contribution is -2.48. The van der Waals surface area contributed by atoms with Gasteiger partial charge < -0.3 is 9.88 Å². The van der Waals surface area contributed by atoms with Crippen LogP contribution in [0.5, 0.6) is 0 Å². The summed E-state index contributed by atoms with van der Waals surface area (Å²) in [7, 11) is -3.69. The number of alkyl halides is 2. The van der Waals surface area contributed by atoms with Crippen molar-refractivity contribution in [1.29, 1.82) is 0 Å². The maximum absolute atomic E-state index is 13.0. The number of pyridine rings is 1. The van der Waals surface area contributed by atoms with Crippen LogP contribution in [0.2, 0.25) is 0 Å². The number of hydrogen-bond donors (Lipinski definition) is 1. The second-order valence-electron chi connectivity index (χ2n) is 6.05. The summed E-state index contributed by atoms with van der Waals surface area (Å²) >= 11 is 0. The zero-order valence-electron chi connectivity index (χ0n) is 14.1. The Morgan fingerprint density at radius 1 is 1.11 bits per heavy atom. The monoisotopic (exact) mass is 394 g/mol. The highest BCUT2D eigenvalue weighted by molar-refractivity contribution is 7.89. The molecule has 0 aliphatic carbocycles. The Morgan fingerprint density at radius 2 is 1.89 bits per heavy atom. The highest BCUT2D eigenvalue weighted by Crippen LogP contribution is 2.26. The molecule has 11 heteroatoms. The number of fused-ring (bicyclic) bond motifs is 1. The lowest BCUT2D eigenvalue weighted by molar-refractivity contribution is 0.146. The molecule has 4 heterocycles. The average molecular weight is 394 g/mol. The van der Waals surface area contributed by atoms with Crippen LogP contribution in [0, 0.1) is 0 Å². The molecule has 0 aromatic carbocycles. The topological polar surface area (TPSA) is 95.1 Å². The van der Waals surface area contributed by atoms with Crippen molar-refractivity contribution in [1.82, 2.24) is 24.2 Å². The molecule has 0 saturated carbocycles. The SMILES string of the molecule is O=S(=O)(c1c[nH]c2ncccc12)N1CCN(c2cc(C(F)F)ncn2)CC1. The molecule has 0 spiro atoms. The van der Waals surface area contributed by atoms with Crippen LogP contribution >= 0.6 is 0 Å². The molecule has 0 unspecified atom stereocenters. The van der Waals surface area contributed by atoms with E-state index in [2.05, 4.69) is 19.9 Å². The first-order valence-electron chi connectivity index (χ1n) is 8.24. The van der Waals surface area contributed by atoms with Gasteiger partial charge in [-0.3, -0.25) is 0 Å². The molecule has 4 rings (SSSR count). The smallest absolute Gasteiger partial charge is 0.280 e. The Hall–Kier alpha value is -2.66. The third-order valence-corrected chi connectivity index (χ3v) is 6.43. The fraction of sp³-hybridized carbons (Fsp3) is 0.312. The fourth-order valence-corrected chi connectivity index (χ4v) is 4.67. The van der Waals surface area contributed by atoms with E-state index in [-0.39, 0.29) is 23.7 Å². The van der Waals surface area contributed by atoms with Crippen LogP contribution in [0.3, 0.4) is 0 Å². The molecule has 1 aliphatic rings. The summed E-state index contributed by atoms with van der Waals surface area (Å²) in [6, 6.07) is 4.62. The van der Waals surface area contributed by atoms with Gasteiger partial charge in [0.2, 0.25) is 10.0 Å². The van der Waals surface area contributed by atoms with Crippen LogP contribution in [-0.4, -0.2) is 58.8 Å². The molecule has 27 heavy (non-hydrogen) atoms. The molecule has 1 aliphatic heterocycles. The molecule has 0 bridgehead atoms. The van der Waals surface area contributed by atoms with Crippen molar-refractivity contribution in [3.8, 4) is 0 Å². The molecule has 0 amide bonds. The van der Waals surface area contributed by atoms with Crippen LogP contribution < -0.4 is 4.90 Å². The third kappa shape index (κ3) is 3.23. The Kier molecular flexibility index (Phi) is 4.48. The summed E-state index contributed by atoms with van der Waals surface area (Å²) in [6.45, 7) is 1.14. The molecule has 3 aromatic rings. The van der Waals surface area contributed by atoms with E-state index in [1.54, 1.807) is 23.2 Å². The van der Waals surface area contributed by atoms with Gasteiger partial charge in [-0.2, -0.15) is 4.31 Å². The lowest BCUT2D eigenvalue weighted by atomic mass is 10.3. The minimum absolute atomic E-state index is 0.182. The van der Waals surface area contributed by atoms with Gasteiger partial charge in [0.25, 0.3) is 6.43 Å². The van der Waals surface area contributed by atoms with Gasteiger partial charge in [-0.25, -0.2) is 32.2 Å². The van der Waals surface area contributed by atoms with Crippen LogP contribution in [0.4, 0.5) is 14.6 Å². The molecule has 1 N–H and O–H groups in total. The van der Waals surface area contributed by atoms with Crippen molar-refractivity contribution in [3.63, 3.8) is 0 Å². The summed E-state index contributed by atoms with van der Waals surface area (Å²) in [4.78, 5) is 16.5. The molecule has 1 saturated heterocycles. The van der Waals surface area contributed by atoms with Crippen molar-refractivity contribution in [2.75, 3.05) is 31.1 Å². The molecule has 3 aromatic heterocycles. The van der Waals surface area contributed by atoms with E-state index < -0.39 is 16.4 Å². The summed E-state index contributed by atoms with van der Waals surface area (Å²) in [6.07, 6.45) is 1.45. The largest absolute Gasteiger partial charge is 0.354 e. The van der Waals surface area contributed by atoms with Gasteiger partial charge in [0.1, 0.15) is 28.4 Å². The molecule has 142 valence electrons. The average Bonchev–Trinajstić information content (AvgIpc) is 3.13. The summed E-state index contributed by atoms with van der Waals surface area (Å²) < 4.78 is 53.0. The van der Waals surface area contributed by atoms with Crippen LogP contribution in [0.1, 0.15) is 12.1 Å². The van der Waals surface area contributed by atoms with Crippen molar-refractivity contribution >= 4 is 26.9 Å². The predicted molar refractivity (Wildman–Crippen MR) is 94.1 cm³/mol. The molecular weight excluding hydrogens is 378 g/mol. The zero-order valence-corrected chi connectivity index (χ0v) is 14.9. The van der Waals surface area contributed by atoms with E-state index in [1.165, 1.54) is 16.6 Å². The Labute approximate surface area is 153 Å². The number of aromatic nitrogens is 4. The number of piperazine rings is 1. The number of nitrogens with one attached hydrogen (secondary N) is 1. The van der Waals surface area contributed by atoms with Gasteiger partial charge in [0, 0.05) is 50.0 Å². The van der Waals surface area contributed by atoms with Gasteiger partial charge in [-0.05, 0) is 12.1 Å². The number of anilines is 1. The van der Waals surface area contributed by atoms with Crippen LogP contribution in [0.15, 0.2) is 41.8 Å². The molecular formula is C16H16F2N6O2S. The van der Waals surface area contributed by atoms with E-state index >= 15 is 0 Å². The second kappa shape index (κ2) is 6.82. The third-order valence-electron chi connectivity index (χ3n) is 4.49. The predicted octanol–water partition coefficient (Wildman–Crippen LogP) is 1.80. The van der Waals surface area contributed by atoms with Crippen LogP contribution in [-0.2, 0) is 10.0 Å². The highest BCUT2D eigenvalue weighted by Gasteiger charge is 2.31. The normalized spacial score (nSPS) is 16.3. The van der Waals surface area contributed by atoms with Gasteiger partial charge in [0.05, 0.1) is 0 Å². The summed E-state index contributed by atoms with van der Waals surface area (Å²) in [5, 5.41) is 0.539. The van der Waals surface area contributed by atoms with Gasteiger partial charge in [-0.1, -0.05) is 0 Å². The van der Waals surface area contributed by atoms with Crippen molar-refractivity contribution in [3.05, 3.63) is 42.6 Å². The van der Waals surface area contributed by atoms with E-state index in [0.717, 1.165) is 6.33 Å². The minimum Gasteiger partial charge on any atom is -0.354 e. The first-order valence-corrected chi connectivity index (χ1v) is 9.68. The number of rotatable bonds is 4. The quantitative estimate of drug-likeness (QED) is 0.725. The highest BCUT2D eigenvalue weighted by atomic mass is 32.2. The standard InChI is InChI=1S/C16H16F2N6O2S/c17-15(18)12-8-14(22-10-21-12)23-4-6-24(7-5-23)27(25,26)13-9-20-16-11(13)2-1-3-19-16/h1-3,8-10,15H,4-7H2,(H,19,20). The first-order chi connectivity index (χ1) is 13.0. The van der Waals surface area contributed by atoms with Gasteiger partial charge in [-0.15, -0.1) is 0 Å². The number of H-pyrrole nitrogens is 1. The molecule has 0 atom stereocenters. The Morgan fingerprint density at radius 3 is 2.63 bits per heavy atom. The Balaban J connectivity index is 1.53. The number of sulfonamides is 1. The number of nitrogens with zero attached hydrogens (tertiary/aromatic N) is 5. The van der Waals surface area contributed by atoms with E-state index in [9.17, 15) is 17.2 Å². The summed E-state index contributed by atoms with van der Waals surface area (Å²) in [5.74, 6) is 0.369. The molecule has 1 fully saturated rings. The molecule has 8 nitrogen and oxygen atoms in total. The van der Waals surface area contributed by atoms with E-state index in [0.29, 0.717) is 29.9 Å². The zero-order chi connectivity index (χ0) is 19.0. The van der Waals surface area contributed by atoms with E-state index in [1.807, 2.05) is 0 Å². The number of aromatic amines is 1. The maximum Gasteiger partial charge on any atom is 0.280 e. The lowest BCUT2D eigenvalue weighted by Gasteiger charge is -2.34. The molecule has 0 radical (unpaired) electrons. The minimum atomic E-state index is -3.69. The van der Waals surface area contributed by atoms with Crippen molar-refractivity contribution in [2.45, 2.75) is 11.3 Å². The first kappa shape index (κ1) is 17.7. The number of hydrogen-bond acceptors (Lipinski definition) is 6. The fourth-order valence-electron chi connectivity index (χ4n) is 3.09. The maximum atomic E-state index is 13.0. The van der Waals surface area contributed by atoms with Crippen molar-refractivity contribution in [2.24, 2.45) is 0 Å². The number of halogens is 2. The summed E-state index contributed by atoms with van der Waals surface area (Å²) in [5.41, 5.74) is 0.163. The van der Waals surface area contributed by atoms with E-state index in [4.69, 9.17) is 0 Å². The van der Waals surface area contributed by atoms with Crippen molar-refractivity contribution < 1.29 is 17.2 Å². The van der Waals surface area contributed by atoms with Crippen LogP contribution in [0.25, 0.3) is 11.0 Å². The Bertz CT molecular complexity index is 1060. The second-order valence-corrected chi connectivity index (χ2v) is 7.95.